The predicted octanol–water partition coefficient (Wildman–Crippen LogP) is 1.14. The highest BCUT2D eigenvalue weighted by atomic mass is 16.2. The SMILES string of the molecule is NC(=O)C1(N2CCCCC2)CCN(C(=O)CN2CCN(c3ccccc3)CC2)CC1. The van der Waals surface area contributed by atoms with Crippen LogP contribution in [-0.2, 0) is 9.59 Å². The van der Waals surface area contributed by atoms with E-state index >= 15 is 0 Å². The van der Waals surface area contributed by atoms with Crippen LogP contribution in [0.1, 0.15) is 32.1 Å². The number of amides is 2. The third-order valence-corrected chi connectivity index (χ3v) is 7.22. The molecule has 7 heteroatoms. The highest BCUT2D eigenvalue weighted by molar-refractivity contribution is 5.85. The van der Waals surface area contributed by atoms with Gasteiger partial charge in [0, 0.05) is 45.0 Å². The Hall–Kier alpha value is -2.12. The number of hydrogen-bond donors (Lipinski definition) is 1. The lowest BCUT2D eigenvalue weighted by molar-refractivity contribution is -0.142. The average Bonchev–Trinajstić information content (AvgIpc) is 2.80. The Balaban J connectivity index is 1.27. The van der Waals surface area contributed by atoms with Crippen molar-refractivity contribution in [2.45, 2.75) is 37.6 Å². The van der Waals surface area contributed by atoms with Crippen LogP contribution in [0.5, 0.6) is 0 Å². The minimum atomic E-state index is -0.557. The van der Waals surface area contributed by atoms with Gasteiger partial charge in [0.15, 0.2) is 0 Å². The summed E-state index contributed by atoms with van der Waals surface area (Å²) in [7, 11) is 0. The number of nitrogens with zero attached hydrogens (tertiary/aromatic N) is 4. The fourth-order valence-corrected chi connectivity index (χ4v) is 5.26. The van der Waals surface area contributed by atoms with Crippen molar-refractivity contribution in [1.82, 2.24) is 14.7 Å². The first-order chi connectivity index (χ1) is 14.6. The number of para-hydroxylation sites is 1. The van der Waals surface area contributed by atoms with Crippen LogP contribution < -0.4 is 10.6 Å². The Kier molecular flexibility index (Phi) is 6.58. The minimum absolute atomic E-state index is 0.180. The molecule has 30 heavy (non-hydrogen) atoms. The molecule has 0 aromatic heterocycles. The third kappa shape index (κ3) is 4.47. The molecule has 3 aliphatic heterocycles. The average molecular weight is 414 g/mol. The number of hydrogen-bond acceptors (Lipinski definition) is 5. The molecule has 2 N–H and O–H groups in total. The van der Waals surface area contributed by atoms with Crippen molar-refractivity contribution in [3.8, 4) is 0 Å². The third-order valence-electron chi connectivity index (χ3n) is 7.22. The van der Waals surface area contributed by atoms with Crippen LogP contribution in [0.3, 0.4) is 0 Å². The van der Waals surface area contributed by atoms with E-state index in [1.165, 1.54) is 12.1 Å². The van der Waals surface area contributed by atoms with Crippen LogP contribution in [0.15, 0.2) is 30.3 Å². The summed E-state index contributed by atoms with van der Waals surface area (Å²) in [5.74, 6) is -0.0339. The van der Waals surface area contributed by atoms with Crippen LogP contribution in [-0.4, -0.2) is 91.0 Å². The Morgan fingerprint density at radius 1 is 0.833 bits per heavy atom. The molecule has 2 amide bonds. The van der Waals surface area contributed by atoms with Gasteiger partial charge in [0.1, 0.15) is 5.54 Å². The summed E-state index contributed by atoms with van der Waals surface area (Å²) in [6.07, 6.45) is 4.82. The number of primary amides is 1. The molecular weight excluding hydrogens is 378 g/mol. The summed E-state index contributed by atoms with van der Waals surface area (Å²) in [6.45, 7) is 7.29. The van der Waals surface area contributed by atoms with E-state index in [0.717, 1.165) is 52.1 Å². The second kappa shape index (κ2) is 9.35. The van der Waals surface area contributed by atoms with Crippen LogP contribution in [0.25, 0.3) is 0 Å². The van der Waals surface area contributed by atoms with Gasteiger partial charge in [0.2, 0.25) is 11.8 Å². The number of carbonyl (C=O) groups excluding carboxylic acids is 2. The van der Waals surface area contributed by atoms with Crippen molar-refractivity contribution >= 4 is 17.5 Å². The van der Waals surface area contributed by atoms with Gasteiger partial charge in [-0.25, -0.2) is 0 Å². The molecule has 3 heterocycles. The second-order valence-corrected chi connectivity index (χ2v) is 8.92. The second-order valence-electron chi connectivity index (χ2n) is 8.92. The fraction of sp³-hybridized carbons (Fsp3) is 0.652. The number of carbonyl (C=O) groups is 2. The van der Waals surface area contributed by atoms with E-state index in [4.69, 9.17) is 5.73 Å². The molecule has 3 saturated heterocycles. The number of benzene rings is 1. The number of rotatable bonds is 5. The van der Waals surface area contributed by atoms with E-state index in [-0.39, 0.29) is 11.8 Å². The summed E-state index contributed by atoms with van der Waals surface area (Å²) in [5, 5.41) is 0. The molecule has 1 aromatic carbocycles. The van der Waals surface area contributed by atoms with Gasteiger partial charge >= 0.3 is 0 Å². The van der Waals surface area contributed by atoms with Gasteiger partial charge in [-0.3, -0.25) is 19.4 Å². The van der Waals surface area contributed by atoms with Gasteiger partial charge in [-0.1, -0.05) is 24.6 Å². The van der Waals surface area contributed by atoms with Crippen molar-refractivity contribution in [1.29, 1.82) is 0 Å². The molecule has 0 spiro atoms. The lowest BCUT2D eigenvalue weighted by Crippen LogP contribution is -2.64. The van der Waals surface area contributed by atoms with E-state index in [9.17, 15) is 9.59 Å². The topological polar surface area (TPSA) is 73.1 Å². The summed E-state index contributed by atoms with van der Waals surface area (Å²) in [5.41, 5.74) is 6.56. The van der Waals surface area contributed by atoms with Crippen molar-refractivity contribution < 1.29 is 9.59 Å². The predicted molar refractivity (Wildman–Crippen MR) is 118 cm³/mol. The molecule has 0 atom stereocenters. The summed E-state index contributed by atoms with van der Waals surface area (Å²) >= 11 is 0. The van der Waals surface area contributed by atoms with Gasteiger partial charge in [0.05, 0.1) is 6.54 Å². The molecule has 164 valence electrons. The van der Waals surface area contributed by atoms with Gasteiger partial charge in [-0.05, 0) is 50.9 Å². The Bertz CT molecular complexity index is 718. The smallest absolute Gasteiger partial charge is 0.238 e. The Morgan fingerprint density at radius 3 is 2.07 bits per heavy atom. The number of anilines is 1. The molecular formula is C23H35N5O2. The van der Waals surface area contributed by atoms with E-state index < -0.39 is 5.54 Å². The number of piperidine rings is 2. The summed E-state index contributed by atoms with van der Waals surface area (Å²) < 4.78 is 0. The first-order valence-corrected chi connectivity index (χ1v) is 11.4. The zero-order chi connectivity index (χ0) is 21.0. The molecule has 0 radical (unpaired) electrons. The largest absolute Gasteiger partial charge is 0.369 e. The molecule has 7 nitrogen and oxygen atoms in total. The number of likely N-dealkylation sites (tertiary alicyclic amines) is 2. The normalized spacial score (nSPS) is 23.3. The molecule has 0 bridgehead atoms. The van der Waals surface area contributed by atoms with Crippen molar-refractivity contribution in [2.75, 3.05) is 63.8 Å². The van der Waals surface area contributed by atoms with Crippen molar-refractivity contribution in [3.05, 3.63) is 30.3 Å². The molecule has 4 rings (SSSR count). The van der Waals surface area contributed by atoms with Gasteiger partial charge in [0.25, 0.3) is 0 Å². The molecule has 1 aromatic rings. The zero-order valence-corrected chi connectivity index (χ0v) is 18.0. The monoisotopic (exact) mass is 413 g/mol. The van der Waals surface area contributed by atoms with Crippen molar-refractivity contribution in [3.63, 3.8) is 0 Å². The fourth-order valence-electron chi connectivity index (χ4n) is 5.26. The first-order valence-electron chi connectivity index (χ1n) is 11.4. The van der Waals surface area contributed by atoms with Crippen LogP contribution >= 0.6 is 0 Å². The lowest BCUT2D eigenvalue weighted by atomic mass is 9.83. The van der Waals surface area contributed by atoms with Gasteiger partial charge in [-0.2, -0.15) is 0 Å². The van der Waals surface area contributed by atoms with E-state index in [1.807, 2.05) is 11.0 Å². The summed E-state index contributed by atoms with van der Waals surface area (Å²) in [4.78, 5) is 34.2. The quantitative estimate of drug-likeness (QED) is 0.784. The Labute approximate surface area is 179 Å². The van der Waals surface area contributed by atoms with E-state index in [0.29, 0.717) is 32.5 Å². The minimum Gasteiger partial charge on any atom is -0.369 e. The number of piperazine rings is 1. The molecule has 0 unspecified atom stereocenters. The van der Waals surface area contributed by atoms with E-state index in [2.05, 4.69) is 39.0 Å². The maximum Gasteiger partial charge on any atom is 0.238 e. The standard InChI is InChI=1S/C23H35N5O2/c24-22(30)23(28-11-5-2-6-12-28)9-13-27(14-10-23)21(29)19-25-15-17-26(18-16-25)20-7-3-1-4-8-20/h1,3-4,7-8H,2,5-6,9-19H2,(H2,24,30). The van der Waals surface area contributed by atoms with Crippen LogP contribution in [0.4, 0.5) is 5.69 Å². The molecule has 0 aliphatic carbocycles. The Morgan fingerprint density at radius 2 is 1.47 bits per heavy atom. The van der Waals surface area contributed by atoms with Crippen molar-refractivity contribution in [2.24, 2.45) is 5.73 Å². The maximum absolute atomic E-state index is 12.9. The molecule has 3 aliphatic rings. The van der Waals surface area contributed by atoms with Gasteiger partial charge < -0.3 is 15.5 Å². The maximum atomic E-state index is 12.9. The summed E-state index contributed by atoms with van der Waals surface area (Å²) in [6, 6.07) is 10.5. The first kappa shape index (κ1) is 21.1. The highest BCUT2D eigenvalue weighted by Crippen LogP contribution is 2.31. The molecule has 3 fully saturated rings. The zero-order valence-electron chi connectivity index (χ0n) is 18.0. The molecule has 0 saturated carbocycles. The van der Waals surface area contributed by atoms with Crippen LogP contribution in [0.2, 0.25) is 0 Å². The highest BCUT2D eigenvalue weighted by Gasteiger charge is 2.45. The van der Waals surface area contributed by atoms with Crippen LogP contribution in [0, 0.1) is 0 Å². The lowest BCUT2D eigenvalue weighted by Gasteiger charge is -2.48. The van der Waals surface area contributed by atoms with Gasteiger partial charge in [-0.15, -0.1) is 0 Å². The van der Waals surface area contributed by atoms with E-state index in [1.54, 1.807) is 0 Å². The number of nitrogens with two attached hydrogens (primary N) is 1.